The number of amides is 2. The second-order valence-electron chi connectivity index (χ2n) is 9.72. The Kier molecular flexibility index (Phi) is 8.02. The van der Waals surface area contributed by atoms with Crippen LogP contribution in [0.1, 0.15) is 13.8 Å². The second-order valence-corrected chi connectivity index (χ2v) is 10.1. The van der Waals surface area contributed by atoms with Gasteiger partial charge in [-0.3, -0.25) is 9.59 Å². The molecule has 0 unspecified atom stereocenters. The van der Waals surface area contributed by atoms with Crippen molar-refractivity contribution in [1.82, 2.24) is 19.8 Å². The Balaban J connectivity index is 1.18. The number of piperazine rings is 2. The summed E-state index contributed by atoms with van der Waals surface area (Å²) in [4.78, 5) is 40.4. The Hall–Kier alpha value is -4.05. The van der Waals surface area contributed by atoms with Crippen molar-refractivity contribution in [2.45, 2.75) is 13.8 Å². The van der Waals surface area contributed by atoms with Gasteiger partial charge in [0.15, 0.2) is 5.82 Å². The summed E-state index contributed by atoms with van der Waals surface area (Å²) in [5, 5.41) is 6.95. The molecule has 0 radical (unpaired) electrons. The van der Waals surface area contributed by atoms with Crippen LogP contribution >= 0.6 is 11.6 Å². The highest BCUT2D eigenvalue weighted by Crippen LogP contribution is 2.27. The fourth-order valence-corrected chi connectivity index (χ4v) is 4.99. The van der Waals surface area contributed by atoms with Gasteiger partial charge in [-0.15, -0.1) is 0 Å². The largest absolute Gasteiger partial charge is 0.368 e. The third kappa shape index (κ3) is 6.51. The van der Waals surface area contributed by atoms with Crippen LogP contribution in [-0.4, -0.2) is 83.9 Å². The summed E-state index contributed by atoms with van der Waals surface area (Å²) < 4.78 is 0. The maximum absolute atomic E-state index is 11.6. The smallest absolute Gasteiger partial charge is 0.229 e. The number of anilines is 6. The minimum absolute atomic E-state index is 0.127. The number of carbonyl (C=O) groups is 2. The number of carbonyl (C=O) groups excluding carboxylic acids is 2. The molecular formula is C28H33ClN8O2. The fourth-order valence-electron chi connectivity index (χ4n) is 4.85. The predicted molar refractivity (Wildman–Crippen MR) is 155 cm³/mol. The first-order chi connectivity index (χ1) is 18.9. The topological polar surface area (TPSA) is 96.9 Å². The highest BCUT2D eigenvalue weighted by molar-refractivity contribution is 6.32. The zero-order valence-corrected chi connectivity index (χ0v) is 23.0. The molecule has 2 saturated heterocycles. The average molecular weight is 549 g/mol. The van der Waals surface area contributed by atoms with Gasteiger partial charge in [-0.2, -0.15) is 4.98 Å². The molecule has 0 spiro atoms. The van der Waals surface area contributed by atoms with Crippen LogP contribution in [0.3, 0.4) is 0 Å². The number of nitrogens with zero attached hydrogens (tertiary/aromatic N) is 6. The van der Waals surface area contributed by atoms with Crippen LogP contribution in [0.15, 0.2) is 54.7 Å². The van der Waals surface area contributed by atoms with E-state index >= 15 is 0 Å². The van der Waals surface area contributed by atoms with Gasteiger partial charge >= 0.3 is 0 Å². The number of hydrogen-bond acceptors (Lipinski definition) is 8. The number of aromatic nitrogens is 2. The molecule has 0 bridgehead atoms. The molecule has 1 aromatic heterocycles. The molecule has 2 amide bonds. The number of nitrogens with one attached hydrogen (secondary N) is 2. The van der Waals surface area contributed by atoms with Crippen LogP contribution in [0.5, 0.6) is 0 Å². The Bertz CT molecular complexity index is 1300. The van der Waals surface area contributed by atoms with Gasteiger partial charge < -0.3 is 30.2 Å². The van der Waals surface area contributed by atoms with E-state index in [1.54, 1.807) is 20.0 Å². The highest BCUT2D eigenvalue weighted by Gasteiger charge is 2.20. The zero-order chi connectivity index (χ0) is 27.4. The third-order valence-corrected chi connectivity index (χ3v) is 7.45. The first-order valence-electron chi connectivity index (χ1n) is 13.1. The predicted octanol–water partition coefficient (Wildman–Crippen LogP) is 3.95. The maximum atomic E-state index is 11.6. The van der Waals surface area contributed by atoms with E-state index in [2.05, 4.69) is 54.7 Å². The number of hydrogen-bond donors (Lipinski definition) is 2. The van der Waals surface area contributed by atoms with Gasteiger partial charge in [-0.25, -0.2) is 4.98 Å². The summed E-state index contributed by atoms with van der Waals surface area (Å²) in [6.07, 6.45) is 1.57. The first-order valence-corrected chi connectivity index (χ1v) is 13.5. The normalized spacial score (nSPS) is 15.8. The molecule has 2 aliphatic rings. The molecule has 0 saturated carbocycles. The minimum atomic E-state index is 0.127. The summed E-state index contributed by atoms with van der Waals surface area (Å²) in [6.45, 7) is 9.46. The SMILES string of the molecule is CC(=O)N1CCN(c2ccc(Nc3ncc(Cl)c(Nc4ccc(N5CCN(C(C)=O)CC5)cc4)n3)cc2)CC1. The monoisotopic (exact) mass is 548 g/mol. The lowest BCUT2D eigenvalue weighted by Crippen LogP contribution is -2.48. The van der Waals surface area contributed by atoms with E-state index in [-0.39, 0.29) is 11.8 Å². The maximum Gasteiger partial charge on any atom is 0.229 e. The van der Waals surface area contributed by atoms with E-state index in [1.807, 2.05) is 34.1 Å². The molecule has 10 nitrogen and oxygen atoms in total. The van der Waals surface area contributed by atoms with Crippen LogP contribution in [0, 0.1) is 0 Å². The average Bonchev–Trinajstić information content (AvgIpc) is 2.96. The summed E-state index contributed by atoms with van der Waals surface area (Å²) in [6, 6.07) is 16.2. The molecule has 3 heterocycles. The van der Waals surface area contributed by atoms with Crippen molar-refractivity contribution in [3.63, 3.8) is 0 Å². The van der Waals surface area contributed by atoms with Crippen molar-refractivity contribution in [3.8, 4) is 0 Å². The Morgan fingerprint density at radius 1 is 0.692 bits per heavy atom. The summed E-state index contributed by atoms with van der Waals surface area (Å²) in [5.74, 6) is 1.20. The Morgan fingerprint density at radius 2 is 1.13 bits per heavy atom. The lowest BCUT2D eigenvalue weighted by molar-refractivity contribution is -0.129. The molecule has 39 heavy (non-hydrogen) atoms. The molecule has 2 aliphatic heterocycles. The van der Waals surface area contributed by atoms with Gasteiger partial charge in [0, 0.05) is 89.0 Å². The van der Waals surface area contributed by atoms with Crippen LogP contribution < -0.4 is 20.4 Å². The van der Waals surface area contributed by atoms with Crippen LogP contribution in [0.4, 0.5) is 34.5 Å². The first kappa shape index (κ1) is 26.6. The van der Waals surface area contributed by atoms with E-state index in [0.29, 0.717) is 16.8 Å². The van der Waals surface area contributed by atoms with Gasteiger partial charge in [0.1, 0.15) is 5.02 Å². The summed E-state index contributed by atoms with van der Waals surface area (Å²) in [7, 11) is 0. The number of halogens is 1. The van der Waals surface area contributed by atoms with Gasteiger partial charge in [0.2, 0.25) is 17.8 Å². The van der Waals surface area contributed by atoms with Crippen LogP contribution in [0.25, 0.3) is 0 Å². The minimum Gasteiger partial charge on any atom is -0.368 e. The molecule has 2 fully saturated rings. The highest BCUT2D eigenvalue weighted by atomic mass is 35.5. The van der Waals surface area contributed by atoms with Gasteiger partial charge in [0.25, 0.3) is 0 Å². The molecular weight excluding hydrogens is 516 g/mol. The van der Waals surface area contributed by atoms with E-state index in [4.69, 9.17) is 11.6 Å². The third-order valence-electron chi connectivity index (χ3n) is 7.18. The van der Waals surface area contributed by atoms with Gasteiger partial charge in [-0.1, -0.05) is 11.6 Å². The molecule has 0 aliphatic carbocycles. The van der Waals surface area contributed by atoms with Crippen molar-refractivity contribution in [2.24, 2.45) is 0 Å². The van der Waals surface area contributed by atoms with Crippen molar-refractivity contribution in [3.05, 3.63) is 59.8 Å². The van der Waals surface area contributed by atoms with Crippen molar-refractivity contribution in [1.29, 1.82) is 0 Å². The standard InChI is InChI=1S/C28H33ClN8O2/c1-20(38)34-11-15-36(16-12-34)24-7-3-22(4-8-24)31-27-26(29)19-30-28(33-27)32-23-5-9-25(10-6-23)37-17-13-35(14-18-37)21(2)39/h3-10,19H,11-18H2,1-2H3,(H2,30,31,32,33). The van der Waals surface area contributed by atoms with Crippen molar-refractivity contribution < 1.29 is 9.59 Å². The van der Waals surface area contributed by atoms with E-state index in [9.17, 15) is 9.59 Å². The molecule has 204 valence electrons. The molecule has 3 aromatic rings. The zero-order valence-electron chi connectivity index (χ0n) is 22.2. The molecule has 2 aromatic carbocycles. The molecule has 0 atom stereocenters. The Morgan fingerprint density at radius 3 is 1.56 bits per heavy atom. The summed E-state index contributed by atoms with van der Waals surface area (Å²) in [5.41, 5.74) is 3.96. The fraction of sp³-hybridized carbons (Fsp3) is 0.357. The summed E-state index contributed by atoms with van der Waals surface area (Å²) >= 11 is 6.39. The number of benzene rings is 2. The molecule has 5 rings (SSSR count). The van der Waals surface area contributed by atoms with Crippen molar-refractivity contribution in [2.75, 3.05) is 72.8 Å². The van der Waals surface area contributed by atoms with Crippen LogP contribution in [0.2, 0.25) is 5.02 Å². The molecule has 11 heteroatoms. The van der Waals surface area contributed by atoms with Gasteiger partial charge in [-0.05, 0) is 48.5 Å². The lowest BCUT2D eigenvalue weighted by atomic mass is 10.2. The van der Waals surface area contributed by atoms with E-state index in [0.717, 1.165) is 75.1 Å². The van der Waals surface area contributed by atoms with Gasteiger partial charge in [0.05, 0.1) is 6.20 Å². The van der Waals surface area contributed by atoms with E-state index < -0.39 is 0 Å². The lowest BCUT2D eigenvalue weighted by Gasteiger charge is -2.35. The van der Waals surface area contributed by atoms with Crippen LogP contribution in [-0.2, 0) is 9.59 Å². The Labute approximate surface area is 233 Å². The van der Waals surface area contributed by atoms with Crippen molar-refractivity contribution >= 4 is 57.9 Å². The van der Waals surface area contributed by atoms with E-state index in [1.165, 1.54) is 0 Å². The quantitative estimate of drug-likeness (QED) is 0.478. The molecule has 2 N–H and O–H groups in total. The number of rotatable bonds is 6. The second kappa shape index (κ2) is 11.8.